The topological polar surface area (TPSA) is 63.5 Å². The van der Waals surface area contributed by atoms with Crippen LogP contribution in [-0.4, -0.2) is 48.9 Å². The fourth-order valence-corrected chi connectivity index (χ4v) is 3.31. The van der Waals surface area contributed by atoms with Gasteiger partial charge in [-0.25, -0.2) is 4.98 Å². The van der Waals surface area contributed by atoms with Crippen LogP contribution in [0.5, 0.6) is 0 Å². The van der Waals surface area contributed by atoms with Gasteiger partial charge in [-0.3, -0.25) is 4.99 Å². The molecule has 0 spiro atoms. The lowest BCUT2D eigenvalue weighted by atomic mass is 10.0. The minimum absolute atomic E-state index is 0.696. The van der Waals surface area contributed by atoms with Gasteiger partial charge >= 0.3 is 0 Å². The number of ether oxygens (including phenoxy) is 1. The lowest BCUT2D eigenvalue weighted by Gasteiger charge is -2.23. The summed E-state index contributed by atoms with van der Waals surface area (Å²) in [5.41, 5.74) is 1.19. The molecule has 0 amide bonds. The smallest absolute Gasteiger partial charge is 0.190 e. The molecule has 0 bridgehead atoms. The quantitative estimate of drug-likeness (QED) is 0.635. The number of hydrogen-bond donors (Lipinski definition) is 2. The van der Waals surface area contributed by atoms with Crippen molar-refractivity contribution in [1.82, 2.24) is 20.2 Å². The molecule has 6 nitrogen and oxygen atoms in total. The van der Waals surface area contributed by atoms with Gasteiger partial charge < -0.3 is 19.9 Å². The third kappa shape index (κ3) is 4.70. The molecule has 0 atom stereocenters. The Morgan fingerprint density at radius 1 is 1.35 bits per heavy atom. The maximum atomic E-state index is 5.40. The van der Waals surface area contributed by atoms with Gasteiger partial charge in [0.05, 0.1) is 5.69 Å². The number of aryl methyl sites for hydroxylation is 2. The summed E-state index contributed by atoms with van der Waals surface area (Å²) in [6.45, 7) is 4.75. The van der Waals surface area contributed by atoms with E-state index >= 15 is 0 Å². The maximum absolute atomic E-state index is 5.40. The molecule has 0 saturated carbocycles. The Balaban J connectivity index is 1.38. The van der Waals surface area contributed by atoms with E-state index in [1.54, 1.807) is 0 Å². The molecule has 2 aliphatic heterocycles. The first-order valence-electron chi connectivity index (χ1n) is 8.92. The van der Waals surface area contributed by atoms with E-state index in [2.05, 4.69) is 26.4 Å². The highest BCUT2D eigenvalue weighted by Crippen LogP contribution is 2.15. The average Bonchev–Trinajstić information content (AvgIpc) is 3.01. The molecule has 3 rings (SSSR count). The molecule has 2 N–H and O–H groups in total. The third-order valence-electron chi connectivity index (χ3n) is 4.75. The Kier molecular flexibility index (Phi) is 5.91. The zero-order valence-corrected chi connectivity index (χ0v) is 14.2. The van der Waals surface area contributed by atoms with Crippen molar-refractivity contribution >= 4 is 5.96 Å². The summed E-state index contributed by atoms with van der Waals surface area (Å²) < 4.78 is 7.72. The first kappa shape index (κ1) is 16.3. The van der Waals surface area contributed by atoms with Gasteiger partial charge in [0.1, 0.15) is 5.82 Å². The third-order valence-corrected chi connectivity index (χ3v) is 4.75. The van der Waals surface area contributed by atoms with Gasteiger partial charge in [0.2, 0.25) is 0 Å². The van der Waals surface area contributed by atoms with Crippen LogP contribution in [-0.2, 0) is 24.1 Å². The molecular formula is C17H29N5O. The van der Waals surface area contributed by atoms with Gasteiger partial charge in [0, 0.05) is 58.9 Å². The second kappa shape index (κ2) is 8.34. The van der Waals surface area contributed by atoms with Crippen molar-refractivity contribution < 1.29 is 4.74 Å². The monoisotopic (exact) mass is 319 g/mol. The van der Waals surface area contributed by atoms with Crippen LogP contribution >= 0.6 is 0 Å². The molecule has 0 aromatic carbocycles. The largest absolute Gasteiger partial charge is 0.381 e. The number of nitrogens with zero attached hydrogens (tertiary/aromatic N) is 3. The predicted molar refractivity (Wildman–Crippen MR) is 91.8 cm³/mol. The summed E-state index contributed by atoms with van der Waals surface area (Å²) in [6.07, 6.45) is 9.13. The first-order chi connectivity index (χ1) is 11.3. The van der Waals surface area contributed by atoms with Crippen molar-refractivity contribution in [3.05, 3.63) is 17.7 Å². The summed E-state index contributed by atoms with van der Waals surface area (Å²) in [4.78, 5) is 9.05. The zero-order valence-electron chi connectivity index (χ0n) is 14.2. The van der Waals surface area contributed by atoms with Crippen LogP contribution in [0.1, 0.15) is 37.2 Å². The summed E-state index contributed by atoms with van der Waals surface area (Å²) in [5.74, 6) is 2.84. The summed E-state index contributed by atoms with van der Waals surface area (Å²) in [5, 5.41) is 6.83. The Labute approximate surface area is 138 Å². The normalized spacial score (nSPS) is 19.4. The minimum atomic E-state index is 0.696. The fourth-order valence-electron chi connectivity index (χ4n) is 3.31. The SMILES string of the molecule is CN=C(NCCc1cn2c(n1)CCCC2)NCC1CCOCC1. The second-order valence-electron chi connectivity index (χ2n) is 6.48. The lowest BCUT2D eigenvalue weighted by Crippen LogP contribution is -2.41. The Hall–Kier alpha value is -1.56. The van der Waals surface area contributed by atoms with Gasteiger partial charge in [-0.1, -0.05) is 0 Å². The molecule has 2 aliphatic rings. The fraction of sp³-hybridized carbons (Fsp3) is 0.765. The standard InChI is InChI=1S/C17H29N5O/c1-18-17(20-12-14-6-10-23-11-7-14)19-8-5-15-13-22-9-3-2-4-16(22)21-15/h13-14H,2-12H2,1H3,(H2,18,19,20). The molecule has 1 saturated heterocycles. The molecule has 1 aromatic heterocycles. The number of fused-ring (bicyclic) bond motifs is 1. The maximum Gasteiger partial charge on any atom is 0.190 e. The average molecular weight is 319 g/mol. The van der Waals surface area contributed by atoms with E-state index in [1.165, 1.54) is 24.4 Å². The zero-order chi connectivity index (χ0) is 15.9. The Morgan fingerprint density at radius 3 is 3.00 bits per heavy atom. The number of imidazole rings is 1. The van der Waals surface area contributed by atoms with Crippen LogP contribution in [0.4, 0.5) is 0 Å². The minimum Gasteiger partial charge on any atom is -0.381 e. The molecule has 128 valence electrons. The molecule has 23 heavy (non-hydrogen) atoms. The Bertz CT molecular complexity index is 496. The van der Waals surface area contributed by atoms with Crippen LogP contribution in [0.15, 0.2) is 11.2 Å². The Morgan fingerprint density at radius 2 is 2.22 bits per heavy atom. The second-order valence-corrected chi connectivity index (χ2v) is 6.48. The summed E-state index contributed by atoms with van der Waals surface area (Å²) in [7, 11) is 1.83. The molecule has 0 aliphatic carbocycles. The number of guanidine groups is 1. The highest BCUT2D eigenvalue weighted by molar-refractivity contribution is 5.79. The highest BCUT2D eigenvalue weighted by atomic mass is 16.5. The van der Waals surface area contributed by atoms with Crippen molar-refractivity contribution in [2.24, 2.45) is 10.9 Å². The molecule has 3 heterocycles. The van der Waals surface area contributed by atoms with Crippen molar-refractivity contribution in [3.8, 4) is 0 Å². The predicted octanol–water partition coefficient (Wildman–Crippen LogP) is 1.35. The summed E-state index contributed by atoms with van der Waals surface area (Å²) in [6, 6.07) is 0. The molecule has 6 heteroatoms. The van der Waals surface area contributed by atoms with Crippen LogP contribution in [0.25, 0.3) is 0 Å². The van der Waals surface area contributed by atoms with Gasteiger partial charge in [-0.2, -0.15) is 0 Å². The summed E-state index contributed by atoms with van der Waals surface area (Å²) >= 11 is 0. The number of nitrogens with one attached hydrogen (secondary N) is 2. The van der Waals surface area contributed by atoms with Crippen LogP contribution in [0.2, 0.25) is 0 Å². The van der Waals surface area contributed by atoms with Gasteiger partial charge in [-0.05, 0) is 31.6 Å². The van der Waals surface area contributed by atoms with Gasteiger partial charge in [0.15, 0.2) is 5.96 Å². The van der Waals surface area contributed by atoms with Gasteiger partial charge in [-0.15, -0.1) is 0 Å². The number of rotatable bonds is 5. The van der Waals surface area contributed by atoms with E-state index in [0.717, 1.165) is 64.5 Å². The number of aromatic nitrogens is 2. The van der Waals surface area contributed by atoms with E-state index in [-0.39, 0.29) is 0 Å². The highest BCUT2D eigenvalue weighted by Gasteiger charge is 2.14. The van der Waals surface area contributed by atoms with Crippen LogP contribution < -0.4 is 10.6 Å². The molecular weight excluding hydrogens is 290 g/mol. The van der Waals surface area contributed by atoms with Crippen molar-refractivity contribution in [1.29, 1.82) is 0 Å². The van der Waals surface area contributed by atoms with Crippen molar-refractivity contribution in [2.45, 2.75) is 45.1 Å². The van der Waals surface area contributed by atoms with Gasteiger partial charge in [0.25, 0.3) is 0 Å². The van der Waals surface area contributed by atoms with E-state index < -0.39 is 0 Å². The van der Waals surface area contributed by atoms with Crippen molar-refractivity contribution in [3.63, 3.8) is 0 Å². The van der Waals surface area contributed by atoms with Crippen LogP contribution in [0.3, 0.4) is 0 Å². The van der Waals surface area contributed by atoms with E-state index in [1.807, 2.05) is 7.05 Å². The van der Waals surface area contributed by atoms with E-state index in [4.69, 9.17) is 9.72 Å². The first-order valence-corrected chi connectivity index (χ1v) is 8.92. The van der Waals surface area contributed by atoms with Crippen molar-refractivity contribution in [2.75, 3.05) is 33.4 Å². The van der Waals surface area contributed by atoms with E-state index in [9.17, 15) is 0 Å². The number of aliphatic imine (C=N–C) groups is 1. The molecule has 0 unspecified atom stereocenters. The van der Waals surface area contributed by atoms with Crippen LogP contribution in [0, 0.1) is 5.92 Å². The molecule has 0 radical (unpaired) electrons. The number of hydrogen-bond acceptors (Lipinski definition) is 3. The lowest BCUT2D eigenvalue weighted by molar-refractivity contribution is 0.0675. The molecule has 1 aromatic rings. The van der Waals surface area contributed by atoms with E-state index in [0.29, 0.717) is 5.92 Å². The molecule has 1 fully saturated rings.